The fourth-order valence-electron chi connectivity index (χ4n) is 5.16. The first kappa shape index (κ1) is 19.2. The number of aromatic nitrogens is 1. The van der Waals surface area contributed by atoms with Gasteiger partial charge < -0.3 is 4.90 Å². The molecule has 0 amide bonds. The molecule has 3 nitrogen and oxygen atoms in total. The minimum absolute atomic E-state index is 0.168. The molecule has 2 aliphatic heterocycles. The molecule has 1 spiro atoms. The number of hydrogen-bond donors (Lipinski definition) is 0. The van der Waals surface area contributed by atoms with E-state index in [-0.39, 0.29) is 23.1 Å². The summed E-state index contributed by atoms with van der Waals surface area (Å²) in [6.45, 7) is 3.41. The molecule has 1 atom stereocenters. The predicted octanol–water partition coefficient (Wildman–Crippen LogP) is 5.20. The van der Waals surface area contributed by atoms with Crippen LogP contribution in [0.4, 0.5) is 14.5 Å². The molecule has 154 valence electrons. The second kappa shape index (κ2) is 7.80. The lowest BCUT2D eigenvalue weighted by molar-refractivity contribution is 0.0279. The van der Waals surface area contributed by atoms with E-state index < -0.39 is 0 Å². The molecule has 0 N–H and O–H groups in total. The van der Waals surface area contributed by atoms with Gasteiger partial charge in [0.1, 0.15) is 11.6 Å². The summed E-state index contributed by atoms with van der Waals surface area (Å²) in [6.07, 6.45) is 5.03. The first-order valence-electron chi connectivity index (χ1n) is 10.5. The van der Waals surface area contributed by atoms with E-state index in [0.717, 1.165) is 38.2 Å². The number of hydrogen-bond acceptors (Lipinski definition) is 3. The summed E-state index contributed by atoms with van der Waals surface area (Å²) in [5, 5.41) is 0. The molecule has 0 radical (unpaired) electrons. The topological polar surface area (TPSA) is 19.4 Å². The Morgan fingerprint density at radius 1 is 0.967 bits per heavy atom. The smallest absolute Gasteiger partial charge is 0.145 e. The van der Waals surface area contributed by atoms with Crippen molar-refractivity contribution in [3.63, 3.8) is 0 Å². The van der Waals surface area contributed by atoms with Crippen molar-refractivity contribution in [2.24, 2.45) is 5.41 Å². The van der Waals surface area contributed by atoms with Crippen LogP contribution < -0.4 is 4.90 Å². The van der Waals surface area contributed by atoms with Crippen molar-refractivity contribution < 1.29 is 8.78 Å². The maximum absolute atomic E-state index is 14.0. The zero-order valence-corrected chi connectivity index (χ0v) is 16.8. The Balaban J connectivity index is 1.35. The van der Waals surface area contributed by atoms with Gasteiger partial charge in [0.2, 0.25) is 0 Å². The van der Waals surface area contributed by atoms with Crippen molar-refractivity contribution in [1.29, 1.82) is 0 Å². The van der Waals surface area contributed by atoms with Crippen LogP contribution in [0, 0.1) is 17.0 Å². The van der Waals surface area contributed by atoms with E-state index in [1.54, 1.807) is 24.4 Å². The van der Waals surface area contributed by atoms with Crippen LogP contribution in [0.1, 0.15) is 30.0 Å². The van der Waals surface area contributed by atoms with Gasteiger partial charge in [0.25, 0.3) is 0 Å². The normalized spacial score (nSPS) is 20.9. The van der Waals surface area contributed by atoms with E-state index in [2.05, 4.69) is 39.0 Å². The lowest BCUT2D eigenvalue weighted by atomic mass is 9.63. The van der Waals surface area contributed by atoms with Gasteiger partial charge in [-0.3, -0.25) is 9.88 Å². The standard InChI is InChI=1S/C25H25F2N3/c26-21-7-4-8-22(15-21)30-18-25(24(30)19-5-2-1-3-6-19)10-13-29(14-11-25)17-20-9-12-28-16-23(20)27/h1-9,12,15-16,24H,10-11,13-14,17-18H2. The third kappa shape index (κ3) is 3.47. The van der Waals surface area contributed by atoms with E-state index in [4.69, 9.17) is 0 Å². The Bertz CT molecular complexity index is 1020. The molecular formula is C25H25F2N3. The zero-order chi connectivity index (χ0) is 20.6. The average molecular weight is 405 g/mol. The lowest BCUT2D eigenvalue weighted by Gasteiger charge is -2.61. The number of benzene rings is 2. The van der Waals surface area contributed by atoms with E-state index in [0.29, 0.717) is 12.1 Å². The number of likely N-dealkylation sites (tertiary alicyclic amines) is 1. The van der Waals surface area contributed by atoms with Gasteiger partial charge in [-0.1, -0.05) is 36.4 Å². The van der Waals surface area contributed by atoms with Crippen LogP contribution in [0.5, 0.6) is 0 Å². The molecule has 2 fully saturated rings. The van der Waals surface area contributed by atoms with Gasteiger partial charge in [-0.2, -0.15) is 0 Å². The van der Waals surface area contributed by atoms with Gasteiger partial charge in [-0.05, 0) is 55.8 Å². The maximum Gasteiger partial charge on any atom is 0.145 e. The van der Waals surface area contributed by atoms with Crippen LogP contribution in [0.15, 0.2) is 73.1 Å². The van der Waals surface area contributed by atoms with Crippen LogP contribution >= 0.6 is 0 Å². The van der Waals surface area contributed by atoms with Crippen molar-refractivity contribution in [2.75, 3.05) is 24.5 Å². The van der Waals surface area contributed by atoms with Crippen LogP contribution in [0.3, 0.4) is 0 Å². The number of piperidine rings is 1. The van der Waals surface area contributed by atoms with E-state index in [1.807, 2.05) is 12.1 Å². The van der Waals surface area contributed by atoms with Crippen molar-refractivity contribution in [3.05, 3.63) is 95.8 Å². The summed E-state index contributed by atoms with van der Waals surface area (Å²) in [5.41, 5.74) is 3.09. The Labute approximate surface area is 176 Å². The largest absolute Gasteiger partial charge is 0.363 e. The van der Waals surface area contributed by atoms with E-state index in [1.165, 1.54) is 17.8 Å². The van der Waals surface area contributed by atoms with Gasteiger partial charge in [0, 0.05) is 36.0 Å². The molecule has 1 unspecified atom stereocenters. The highest BCUT2D eigenvalue weighted by Crippen LogP contribution is 2.56. The van der Waals surface area contributed by atoms with Gasteiger partial charge in [-0.15, -0.1) is 0 Å². The highest BCUT2D eigenvalue weighted by Gasteiger charge is 2.54. The number of nitrogens with zero attached hydrogens (tertiary/aromatic N) is 3. The first-order chi connectivity index (χ1) is 14.6. The number of anilines is 1. The van der Waals surface area contributed by atoms with Crippen molar-refractivity contribution >= 4 is 5.69 Å². The second-order valence-corrected chi connectivity index (χ2v) is 8.53. The molecule has 5 rings (SSSR count). The van der Waals surface area contributed by atoms with E-state index >= 15 is 0 Å². The molecule has 3 aromatic rings. The van der Waals surface area contributed by atoms with Crippen molar-refractivity contribution in [1.82, 2.24) is 9.88 Å². The first-order valence-corrected chi connectivity index (χ1v) is 10.5. The van der Waals surface area contributed by atoms with Crippen LogP contribution in [-0.4, -0.2) is 29.5 Å². The highest BCUT2D eigenvalue weighted by atomic mass is 19.1. The van der Waals surface area contributed by atoms with Crippen LogP contribution in [-0.2, 0) is 6.54 Å². The predicted molar refractivity (Wildman–Crippen MR) is 114 cm³/mol. The SMILES string of the molecule is Fc1cccc(N2CC3(CCN(Cc4ccncc4F)CC3)C2c2ccccc2)c1. The minimum Gasteiger partial charge on any atom is -0.363 e. The van der Waals surface area contributed by atoms with E-state index in [9.17, 15) is 8.78 Å². The molecule has 3 heterocycles. The second-order valence-electron chi connectivity index (χ2n) is 8.53. The number of halogens is 2. The Hall–Kier alpha value is -2.79. The Kier molecular flexibility index (Phi) is 4.99. The highest BCUT2D eigenvalue weighted by molar-refractivity contribution is 5.54. The molecule has 0 bridgehead atoms. The zero-order valence-electron chi connectivity index (χ0n) is 16.8. The number of pyridine rings is 1. The third-order valence-electron chi connectivity index (χ3n) is 6.73. The number of rotatable bonds is 4. The molecule has 2 aromatic carbocycles. The van der Waals surface area contributed by atoms with Gasteiger partial charge >= 0.3 is 0 Å². The molecule has 2 saturated heterocycles. The fraction of sp³-hybridized carbons (Fsp3) is 0.320. The molecule has 0 aliphatic carbocycles. The van der Waals surface area contributed by atoms with Crippen LogP contribution in [0.25, 0.3) is 0 Å². The monoisotopic (exact) mass is 405 g/mol. The lowest BCUT2D eigenvalue weighted by Crippen LogP contribution is -2.62. The van der Waals surface area contributed by atoms with Gasteiger partial charge in [-0.25, -0.2) is 8.78 Å². The van der Waals surface area contributed by atoms with Crippen LogP contribution in [0.2, 0.25) is 0 Å². The molecule has 1 aromatic heterocycles. The summed E-state index contributed by atoms with van der Waals surface area (Å²) in [7, 11) is 0. The van der Waals surface area contributed by atoms with Gasteiger partial charge in [0.15, 0.2) is 0 Å². The average Bonchev–Trinajstić information content (AvgIpc) is 2.75. The fourth-order valence-corrected chi connectivity index (χ4v) is 5.16. The van der Waals surface area contributed by atoms with Crippen molar-refractivity contribution in [2.45, 2.75) is 25.4 Å². The quantitative estimate of drug-likeness (QED) is 0.595. The Morgan fingerprint density at radius 3 is 2.50 bits per heavy atom. The summed E-state index contributed by atoms with van der Waals surface area (Å²) < 4.78 is 27.9. The molecule has 30 heavy (non-hydrogen) atoms. The van der Waals surface area contributed by atoms with Gasteiger partial charge in [0.05, 0.1) is 12.2 Å². The summed E-state index contributed by atoms with van der Waals surface area (Å²) in [6, 6.07) is 19.4. The molecule has 2 aliphatic rings. The molecular weight excluding hydrogens is 380 g/mol. The Morgan fingerprint density at radius 2 is 1.77 bits per heavy atom. The molecule has 5 heteroatoms. The summed E-state index contributed by atoms with van der Waals surface area (Å²) >= 11 is 0. The summed E-state index contributed by atoms with van der Waals surface area (Å²) in [4.78, 5) is 8.50. The third-order valence-corrected chi connectivity index (χ3v) is 6.73. The minimum atomic E-state index is -0.235. The maximum atomic E-state index is 14.0. The molecule has 0 saturated carbocycles. The summed E-state index contributed by atoms with van der Waals surface area (Å²) in [5.74, 6) is -0.435. The van der Waals surface area contributed by atoms with Crippen molar-refractivity contribution in [3.8, 4) is 0 Å².